The van der Waals surface area contributed by atoms with Crippen LogP contribution in [-0.2, 0) is 0 Å². The lowest BCUT2D eigenvalue weighted by molar-refractivity contribution is 0.112. The third-order valence-corrected chi connectivity index (χ3v) is 4.26. The van der Waals surface area contributed by atoms with Gasteiger partial charge in [0, 0.05) is 27.8 Å². The quantitative estimate of drug-likeness (QED) is 0.692. The summed E-state index contributed by atoms with van der Waals surface area (Å²) < 4.78 is 0.797. The number of carbonyl (C=O) groups excluding carboxylic acids is 1. The number of pyridine rings is 2. The molecule has 6 heteroatoms. The Kier molecular flexibility index (Phi) is 3.86. The molecule has 3 aromatic rings. The largest absolute Gasteiger partial charge is 0.337 e. The van der Waals surface area contributed by atoms with E-state index in [1.54, 1.807) is 12.3 Å². The lowest BCUT2D eigenvalue weighted by Crippen LogP contribution is -1.97. The van der Waals surface area contributed by atoms with E-state index in [9.17, 15) is 4.79 Å². The summed E-state index contributed by atoms with van der Waals surface area (Å²) >= 11 is 9.62. The molecule has 0 bridgehead atoms. The molecule has 0 aliphatic carbocycles. The van der Waals surface area contributed by atoms with Gasteiger partial charge in [0.05, 0.1) is 10.7 Å². The first-order valence-corrected chi connectivity index (χ1v) is 7.27. The number of hydrogen-bond acceptors (Lipinski definition) is 4. The Balaban J connectivity index is 2.08. The van der Waals surface area contributed by atoms with Gasteiger partial charge in [0.1, 0.15) is 5.52 Å². The topological polar surface area (TPSA) is 54.9 Å². The smallest absolute Gasteiger partial charge is 0.156 e. The van der Waals surface area contributed by atoms with Crippen molar-refractivity contribution >= 4 is 56.2 Å². The van der Waals surface area contributed by atoms with Crippen LogP contribution in [-0.4, -0.2) is 16.3 Å². The van der Waals surface area contributed by atoms with Gasteiger partial charge in [-0.3, -0.25) is 9.78 Å². The van der Waals surface area contributed by atoms with E-state index in [4.69, 9.17) is 11.6 Å². The summed E-state index contributed by atoms with van der Waals surface area (Å²) in [4.78, 5) is 19.4. The second kappa shape index (κ2) is 5.79. The molecule has 2 aromatic heterocycles. The monoisotopic (exact) mass is 361 g/mol. The van der Waals surface area contributed by atoms with Crippen LogP contribution in [0, 0.1) is 0 Å². The van der Waals surface area contributed by atoms with Gasteiger partial charge in [-0.05, 0) is 40.2 Å². The number of nitrogens with zero attached hydrogens (tertiary/aromatic N) is 2. The third-order valence-electron chi connectivity index (χ3n) is 2.96. The van der Waals surface area contributed by atoms with Crippen LogP contribution < -0.4 is 5.32 Å². The molecule has 1 aromatic carbocycles. The molecule has 2 heterocycles. The normalized spacial score (nSPS) is 10.6. The Labute approximate surface area is 134 Å². The van der Waals surface area contributed by atoms with E-state index in [1.807, 2.05) is 24.3 Å². The Morgan fingerprint density at radius 2 is 2.10 bits per heavy atom. The van der Waals surface area contributed by atoms with Crippen molar-refractivity contribution < 1.29 is 4.79 Å². The van der Waals surface area contributed by atoms with E-state index in [2.05, 4.69) is 31.2 Å². The summed E-state index contributed by atoms with van der Waals surface area (Å²) in [6, 6.07) is 9.17. The van der Waals surface area contributed by atoms with E-state index in [1.165, 1.54) is 6.20 Å². The number of fused-ring (bicyclic) bond motifs is 1. The van der Waals surface area contributed by atoms with Crippen molar-refractivity contribution in [3.8, 4) is 0 Å². The summed E-state index contributed by atoms with van der Waals surface area (Å²) in [7, 11) is 0. The SMILES string of the molecule is O=Cc1cnc2c(Nc3cccc(Br)c3Cl)nccc2c1. The van der Waals surface area contributed by atoms with Gasteiger partial charge in [0.25, 0.3) is 0 Å². The minimum absolute atomic E-state index is 0.528. The number of anilines is 2. The van der Waals surface area contributed by atoms with Crippen LogP contribution in [0.25, 0.3) is 10.9 Å². The summed E-state index contributed by atoms with van der Waals surface area (Å²) in [6.07, 6.45) is 3.95. The molecule has 0 aliphatic heterocycles. The molecule has 0 radical (unpaired) electrons. The molecule has 0 aliphatic rings. The van der Waals surface area contributed by atoms with Gasteiger partial charge in [-0.2, -0.15) is 0 Å². The van der Waals surface area contributed by atoms with Crippen molar-refractivity contribution in [2.75, 3.05) is 5.32 Å². The Bertz CT molecular complexity index is 838. The van der Waals surface area contributed by atoms with E-state index < -0.39 is 0 Å². The fourth-order valence-corrected chi connectivity index (χ4v) is 2.50. The van der Waals surface area contributed by atoms with Crippen LogP contribution in [0.3, 0.4) is 0 Å². The second-order valence-electron chi connectivity index (χ2n) is 4.34. The van der Waals surface area contributed by atoms with Crippen LogP contribution in [0.4, 0.5) is 11.5 Å². The number of aldehydes is 1. The number of carbonyl (C=O) groups is 1. The van der Waals surface area contributed by atoms with Crippen LogP contribution in [0.1, 0.15) is 10.4 Å². The number of halogens is 2. The van der Waals surface area contributed by atoms with Crippen molar-refractivity contribution in [2.45, 2.75) is 0 Å². The maximum Gasteiger partial charge on any atom is 0.156 e. The zero-order valence-corrected chi connectivity index (χ0v) is 13.0. The summed E-state index contributed by atoms with van der Waals surface area (Å²) in [6.45, 7) is 0. The second-order valence-corrected chi connectivity index (χ2v) is 5.58. The summed E-state index contributed by atoms with van der Waals surface area (Å²) in [5.74, 6) is 0.588. The maximum atomic E-state index is 10.8. The van der Waals surface area contributed by atoms with Gasteiger partial charge in [0.2, 0.25) is 0 Å². The lowest BCUT2D eigenvalue weighted by atomic mass is 10.2. The van der Waals surface area contributed by atoms with Crippen molar-refractivity contribution in [3.05, 3.63) is 57.8 Å². The lowest BCUT2D eigenvalue weighted by Gasteiger charge is -2.10. The van der Waals surface area contributed by atoms with Gasteiger partial charge >= 0.3 is 0 Å². The number of hydrogen-bond donors (Lipinski definition) is 1. The summed E-state index contributed by atoms with van der Waals surface area (Å²) in [5.41, 5.74) is 1.94. The highest BCUT2D eigenvalue weighted by atomic mass is 79.9. The van der Waals surface area contributed by atoms with E-state index in [0.29, 0.717) is 21.9 Å². The first kappa shape index (κ1) is 14.0. The van der Waals surface area contributed by atoms with E-state index in [0.717, 1.165) is 21.8 Å². The number of rotatable bonds is 3. The predicted molar refractivity (Wildman–Crippen MR) is 87.4 cm³/mol. The molecule has 0 atom stereocenters. The average molecular weight is 363 g/mol. The number of nitrogens with one attached hydrogen (secondary N) is 1. The third kappa shape index (κ3) is 2.75. The Morgan fingerprint density at radius 3 is 2.90 bits per heavy atom. The highest BCUT2D eigenvalue weighted by molar-refractivity contribution is 9.10. The molecule has 0 amide bonds. The molecule has 0 saturated heterocycles. The fourth-order valence-electron chi connectivity index (χ4n) is 1.96. The summed E-state index contributed by atoms with van der Waals surface area (Å²) in [5, 5.41) is 4.58. The van der Waals surface area contributed by atoms with Gasteiger partial charge in [-0.25, -0.2) is 4.98 Å². The van der Waals surface area contributed by atoms with Crippen molar-refractivity contribution in [1.29, 1.82) is 0 Å². The van der Waals surface area contributed by atoms with Crippen LogP contribution in [0.5, 0.6) is 0 Å². The van der Waals surface area contributed by atoms with Crippen LogP contribution in [0.2, 0.25) is 5.02 Å². The van der Waals surface area contributed by atoms with E-state index in [-0.39, 0.29) is 0 Å². The average Bonchev–Trinajstić information content (AvgIpc) is 2.51. The Hall–Kier alpha value is -1.98. The van der Waals surface area contributed by atoms with Gasteiger partial charge < -0.3 is 5.32 Å². The van der Waals surface area contributed by atoms with E-state index >= 15 is 0 Å². The maximum absolute atomic E-state index is 10.8. The molecule has 1 N–H and O–H groups in total. The van der Waals surface area contributed by atoms with Crippen LogP contribution >= 0.6 is 27.5 Å². The molecule has 21 heavy (non-hydrogen) atoms. The van der Waals surface area contributed by atoms with Crippen molar-refractivity contribution in [1.82, 2.24) is 9.97 Å². The number of benzene rings is 1. The first-order valence-electron chi connectivity index (χ1n) is 6.10. The Morgan fingerprint density at radius 1 is 1.24 bits per heavy atom. The van der Waals surface area contributed by atoms with Gasteiger partial charge in [-0.15, -0.1) is 0 Å². The van der Waals surface area contributed by atoms with Gasteiger partial charge in [0.15, 0.2) is 12.1 Å². The highest BCUT2D eigenvalue weighted by Gasteiger charge is 2.09. The van der Waals surface area contributed by atoms with Crippen molar-refractivity contribution in [2.24, 2.45) is 0 Å². The fraction of sp³-hybridized carbons (Fsp3) is 0. The number of aromatic nitrogens is 2. The predicted octanol–water partition coefficient (Wildman–Crippen LogP) is 4.60. The van der Waals surface area contributed by atoms with Crippen LogP contribution in [0.15, 0.2) is 47.2 Å². The molecule has 0 fully saturated rings. The van der Waals surface area contributed by atoms with Gasteiger partial charge in [-0.1, -0.05) is 17.7 Å². The molecule has 3 rings (SSSR count). The zero-order chi connectivity index (χ0) is 14.8. The molecular formula is C15H9BrClN3O. The molecule has 0 spiro atoms. The minimum atomic E-state index is 0.528. The molecule has 0 unspecified atom stereocenters. The highest BCUT2D eigenvalue weighted by Crippen LogP contribution is 2.32. The standard InChI is InChI=1S/C15H9BrClN3O/c16-11-2-1-3-12(13(11)17)20-15-14-10(4-5-18-15)6-9(8-21)7-19-14/h1-8H,(H,18,20). The molecule has 4 nitrogen and oxygen atoms in total. The molecule has 0 saturated carbocycles. The molecular weight excluding hydrogens is 354 g/mol. The zero-order valence-electron chi connectivity index (χ0n) is 10.7. The van der Waals surface area contributed by atoms with Crippen molar-refractivity contribution in [3.63, 3.8) is 0 Å². The minimum Gasteiger partial charge on any atom is -0.337 e. The first-order chi connectivity index (χ1) is 10.2. The molecule has 104 valence electrons.